The van der Waals surface area contributed by atoms with Gasteiger partial charge in [0, 0.05) is 29.3 Å². The van der Waals surface area contributed by atoms with Crippen molar-refractivity contribution in [3.63, 3.8) is 0 Å². The Morgan fingerprint density at radius 2 is 1.83 bits per heavy atom. The predicted octanol–water partition coefficient (Wildman–Crippen LogP) is 4.67. The summed E-state index contributed by atoms with van der Waals surface area (Å²) in [4.78, 5) is 13.3. The number of hydrogen-bond acceptors (Lipinski definition) is 6. The van der Waals surface area contributed by atoms with Crippen molar-refractivity contribution in [1.29, 1.82) is 0 Å². The number of rotatable bonds is 6. The van der Waals surface area contributed by atoms with Crippen LogP contribution < -0.4 is 16.0 Å². The summed E-state index contributed by atoms with van der Waals surface area (Å²) < 4.78 is 41.2. The van der Waals surface area contributed by atoms with Gasteiger partial charge in [0.2, 0.25) is 11.9 Å². The van der Waals surface area contributed by atoms with E-state index in [0.717, 1.165) is 12.1 Å². The Balaban J connectivity index is 2.03. The van der Waals surface area contributed by atoms with E-state index in [2.05, 4.69) is 30.9 Å². The zero-order valence-corrected chi connectivity index (χ0v) is 17.8. The average molecular weight is 442 g/mol. The number of nitrogens with zero attached hydrogens (tertiary/aromatic N) is 4. The molecular weight excluding hydrogens is 419 g/mol. The first kappa shape index (κ1) is 22.1. The lowest BCUT2D eigenvalue weighted by Gasteiger charge is -2.20. The van der Waals surface area contributed by atoms with Crippen LogP contribution in [0.15, 0.2) is 24.4 Å². The topological polar surface area (TPSA) is 79.7 Å². The molecule has 30 heavy (non-hydrogen) atoms. The standard InChI is InChI=1S/C19H23ClF3N7/c1-18(2,3)29-16-25-10-14-15(28-16)30(6-5-24-4)17(27-14)26-13-8-11(19(21,22)23)7-12(20)9-13/h7-10,24H,5-6H2,1-4H3,(H,26,27)(H,25,28,29). The first-order chi connectivity index (χ1) is 14.0. The van der Waals surface area contributed by atoms with Crippen molar-refractivity contribution in [2.45, 2.75) is 39.0 Å². The maximum Gasteiger partial charge on any atom is 0.416 e. The third-order valence-electron chi connectivity index (χ3n) is 4.04. The Morgan fingerprint density at radius 1 is 1.10 bits per heavy atom. The van der Waals surface area contributed by atoms with Gasteiger partial charge in [-0.05, 0) is 46.0 Å². The highest BCUT2D eigenvalue weighted by atomic mass is 35.5. The van der Waals surface area contributed by atoms with Gasteiger partial charge in [-0.3, -0.25) is 4.57 Å². The summed E-state index contributed by atoms with van der Waals surface area (Å²) in [7, 11) is 1.81. The van der Waals surface area contributed by atoms with E-state index in [4.69, 9.17) is 11.6 Å². The van der Waals surface area contributed by atoms with E-state index in [1.54, 1.807) is 17.8 Å². The third kappa shape index (κ3) is 5.31. The minimum Gasteiger partial charge on any atom is -0.350 e. The zero-order chi connectivity index (χ0) is 22.1. The van der Waals surface area contributed by atoms with Gasteiger partial charge in [0.25, 0.3) is 0 Å². The van der Waals surface area contributed by atoms with E-state index in [-0.39, 0.29) is 16.2 Å². The molecule has 0 saturated carbocycles. The quantitative estimate of drug-likeness (QED) is 0.515. The summed E-state index contributed by atoms with van der Waals surface area (Å²) in [6.45, 7) is 7.07. The van der Waals surface area contributed by atoms with Crippen molar-refractivity contribution >= 4 is 40.3 Å². The fourth-order valence-electron chi connectivity index (χ4n) is 2.80. The van der Waals surface area contributed by atoms with Crippen molar-refractivity contribution in [2.75, 3.05) is 24.2 Å². The second kappa shape index (κ2) is 8.27. The van der Waals surface area contributed by atoms with Crippen molar-refractivity contribution in [1.82, 2.24) is 24.8 Å². The third-order valence-corrected chi connectivity index (χ3v) is 4.26. The summed E-state index contributed by atoms with van der Waals surface area (Å²) in [6, 6.07) is 3.29. The molecule has 3 aromatic rings. The lowest BCUT2D eigenvalue weighted by molar-refractivity contribution is -0.137. The molecule has 3 N–H and O–H groups in total. The molecule has 0 fully saturated rings. The van der Waals surface area contributed by atoms with Crippen molar-refractivity contribution in [2.24, 2.45) is 0 Å². The molecule has 1 aromatic carbocycles. The monoisotopic (exact) mass is 441 g/mol. The smallest absolute Gasteiger partial charge is 0.350 e. The summed E-state index contributed by atoms with van der Waals surface area (Å²) >= 11 is 5.90. The van der Waals surface area contributed by atoms with E-state index in [0.29, 0.717) is 36.2 Å². The minimum absolute atomic E-state index is 0.0262. The molecule has 3 rings (SSSR count). The molecule has 0 aliphatic carbocycles. The summed E-state index contributed by atoms with van der Waals surface area (Å²) in [5.74, 6) is 0.784. The maximum absolute atomic E-state index is 13.1. The molecular formula is C19H23ClF3N7. The molecule has 0 atom stereocenters. The second-order valence-electron chi connectivity index (χ2n) is 7.82. The van der Waals surface area contributed by atoms with Crippen LogP contribution in [0, 0.1) is 0 Å². The number of hydrogen-bond donors (Lipinski definition) is 3. The van der Waals surface area contributed by atoms with Crippen LogP contribution in [0.25, 0.3) is 11.2 Å². The number of anilines is 3. The van der Waals surface area contributed by atoms with Gasteiger partial charge < -0.3 is 16.0 Å². The van der Waals surface area contributed by atoms with Crippen molar-refractivity contribution in [3.8, 4) is 0 Å². The summed E-state index contributed by atoms with van der Waals surface area (Å²) in [5, 5.41) is 9.17. The first-order valence-electron chi connectivity index (χ1n) is 9.27. The Kier molecular flexibility index (Phi) is 6.09. The number of fused-ring (bicyclic) bond motifs is 1. The lowest BCUT2D eigenvalue weighted by Crippen LogP contribution is -2.27. The van der Waals surface area contributed by atoms with E-state index in [9.17, 15) is 13.2 Å². The zero-order valence-electron chi connectivity index (χ0n) is 17.0. The Labute approximate surface area is 177 Å². The normalized spacial score (nSPS) is 12.4. The number of alkyl halides is 3. The van der Waals surface area contributed by atoms with Crippen LogP contribution in [0.2, 0.25) is 5.02 Å². The average Bonchev–Trinajstić information content (AvgIpc) is 2.93. The van der Waals surface area contributed by atoms with Gasteiger partial charge in [0.05, 0.1) is 11.8 Å². The molecule has 0 aliphatic heterocycles. The van der Waals surface area contributed by atoms with Crippen LogP contribution in [0.3, 0.4) is 0 Å². The maximum atomic E-state index is 13.1. The molecule has 0 radical (unpaired) electrons. The number of halogens is 4. The molecule has 11 heteroatoms. The molecule has 162 valence electrons. The fraction of sp³-hybridized carbons (Fsp3) is 0.421. The number of aromatic nitrogens is 4. The Hall–Kier alpha value is -2.59. The lowest BCUT2D eigenvalue weighted by atomic mass is 10.1. The minimum atomic E-state index is -4.51. The SMILES string of the molecule is CNCCn1c(Nc2cc(Cl)cc(C(F)(F)F)c2)nc2cnc(NC(C)(C)C)nc21. The van der Waals surface area contributed by atoms with Crippen LogP contribution in [0.1, 0.15) is 26.3 Å². The fourth-order valence-corrected chi connectivity index (χ4v) is 3.03. The molecule has 0 amide bonds. The van der Waals surface area contributed by atoms with Gasteiger partial charge in [-0.25, -0.2) is 9.97 Å². The molecule has 0 saturated heterocycles. The Morgan fingerprint density at radius 3 is 2.47 bits per heavy atom. The highest BCUT2D eigenvalue weighted by Gasteiger charge is 2.31. The molecule has 2 heterocycles. The molecule has 0 aliphatic rings. The van der Waals surface area contributed by atoms with E-state index < -0.39 is 11.7 Å². The van der Waals surface area contributed by atoms with Gasteiger partial charge >= 0.3 is 6.18 Å². The molecule has 2 aromatic heterocycles. The molecule has 7 nitrogen and oxygen atoms in total. The molecule has 0 bridgehead atoms. The van der Waals surface area contributed by atoms with Crippen LogP contribution in [-0.2, 0) is 12.7 Å². The second-order valence-corrected chi connectivity index (χ2v) is 8.26. The largest absolute Gasteiger partial charge is 0.416 e. The van der Waals surface area contributed by atoms with Crippen LogP contribution in [0.5, 0.6) is 0 Å². The highest BCUT2D eigenvalue weighted by Crippen LogP contribution is 2.34. The van der Waals surface area contributed by atoms with Crippen LogP contribution in [-0.4, -0.2) is 38.7 Å². The van der Waals surface area contributed by atoms with Gasteiger partial charge in [0.1, 0.15) is 5.52 Å². The first-order valence-corrected chi connectivity index (χ1v) is 9.65. The van der Waals surface area contributed by atoms with Crippen LogP contribution >= 0.6 is 11.6 Å². The highest BCUT2D eigenvalue weighted by molar-refractivity contribution is 6.31. The van der Waals surface area contributed by atoms with Crippen LogP contribution in [0.4, 0.5) is 30.8 Å². The number of nitrogens with one attached hydrogen (secondary N) is 3. The van der Waals surface area contributed by atoms with Crippen molar-refractivity contribution < 1.29 is 13.2 Å². The molecule has 0 unspecified atom stereocenters. The van der Waals surface area contributed by atoms with Gasteiger partial charge in [-0.1, -0.05) is 11.6 Å². The number of benzene rings is 1. The summed E-state index contributed by atoms with van der Waals surface area (Å²) in [5.41, 5.74) is 0.182. The van der Waals surface area contributed by atoms with E-state index in [1.807, 2.05) is 20.8 Å². The van der Waals surface area contributed by atoms with Gasteiger partial charge in [0.15, 0.2) is 5.65 Å². The van der Waals surface area contributed by atoms with Gasteiger partial charge in [-0.2, -0.15) is 18.2 Å². The van der Waals surface area contributed by atoms with Crippen molar-refractivity contribution in [3.05, 3.63) is 35.0 Å². The summed E-state index contributed by atoms with van der Waals surface area (Å²) in [6.07, 6.45) is -2.93. The van der Waals surface area contributed by atoms with E-state index >= 15 is 0 Å². The van der Waals surface area contributed by atoms with Gasteiger partial charge in [-0.15, -0.1) is 0 Å². The number of likely N-dealkylation sites (N-methyl/N-ethyl adjacent to an activating group) is 1. The van der Waals surface area contributed by atoms with E-state index in [1.165, 1.54) is 6.07 Å². The predicted molar refractivity (Wildman–Crippen MR) is 112 cm³/mol. The Bertz CT molecular complexity index is 1040. The number of imidazole rings is 1. The molecule has 0 spiro atoms.